The molecule has 0 unspecified atom stereocenters. The van der Waals surface area contributed by atoms with Crippen molar-refractivity contribution in [2.24, 2.45) is 0 Å². The van der Waals surface area contributed by atoms with Gasteiger partial charge in [0.15, 0.2) is 0 Å². The second-order valence-electron chi connectivity index (χ2n) is 6.88. The fraction of sp³-hybridized carbons (Fsp3) is 0.238. The fourth-order valence-corrected chi connectivity index (χ4v) is 2.22. The Morgan fingerprint density at radius 1 is 1.04 bits per heavy atom. The highest BCUT2D eigenvalue weighted by molar-refractivity contribution is 6.03. The third-order valence-corrected chi connectivity index (χ3v) is 3.42. The van der Waals surface area contributed by atoms with E-state index in [1.165, 1.54) is 6.08 Å². The number of carbonyl (C=O) groups is 2. The van der Waals surface area contributed by atoms with Gasteiger partial charge in [-0.25, -0.2) is 0 Å². The minimum atomic E-state index is -0.322. The summed E-state index contributed by atoms with van der Waals surface area (Å²) in [4.78, 5) is 24.3. The smallest absolute Gasteiger partial charge is 0.251 e. The van der Waals surface area contributed by atoms with Gasteiger partial charge in [0.2, 0.25) is 5.91 Å². The molecule has 26 heavy (non-hydrogen) atoms. The monoisotopic (exact) mass is 352 g/mol. The van der Waals surface area contributed by atoms with Gasteiger partial charge < -0.3 is 15.4 Å². The minimum Gasteiger partial charge on any atom is -0.497 e. The van der Waals surface area contributed by atoms with E-state index < -0.39 is 0 Å². The lowest BCUT2D eigenvalue weighted by Gasteiger charge is -2.20. The molecule has 0 saturated carbocycles. The predicted molar refractivity (Wildman–Crippen MR) is 104 cm³/mol. The maximum absolute atomic E-state index is 12.2. The molecule has 0 fully saturated rings. The van der Waals surface area contributed by atoms with Gasteiger partial charge in [-0.3, -0.25) is 9.59 Å². The Bertz CT molecular complexity index is 803. The van der Waals surface area contributed by atoms with Crippen molar-refractivity contribution in [3.8, 4) is 5.75 Å². The third kappa shape index (κ3) is 6.09. The molecule has 5 heteroatoms. The number of hydrogen-bond acceptors (Lipinski definition) is 3. The number of rotatable bonds is 5. The number of ether oxygens (including phenoxy) is 1. The van der Waals surface area contributed by atoms with Crippen LogP contribution in [0.1, 0.15) is 36.7 Å². The van der Waals surface area contributed by atoms with Gasteiger partial charge in [-0.05, 0) is 62.7 Å². The Kier molecular flexibility index (Phi) is 6.17. The molecule has 0 saturated heterocycles. The normalized spacial score (nSPS) is 11.2. The standard InChI is InChI=1S/C21H24N2O3/c1-21(2,3)23-20(25)16-6-5-7-17(14-16)22-19(24)13-10-15-8-11-18(26-4)12-9-15/h5-14H,1-4H3,(H,22,24)(H,23,25)/b13-10+. The first kappa shape index (κ1) is 19.2. The van der Waals surface area contributed by atoms with Crippen LogP contribution in [-0.4, -0.2) is 24.5 Å². The van der Waals surface area contributed by atoms with E-state index in [0.29, 0.717) is 11.3 Å². The summed E-state index contributed by atoms with van der Waals surface area (Å²) in [5, 5.41) is 5.66. The highest BCUT2D eigenvalue weighted by Crippen LogP contribution is 2.14. The zero-order valence-corrected chi connectivity index (χ0v) is 15.5. The Hall–Kier alpha value is -3.08. The lowest BCUT2D eigenvalue weighted by Crippen LogP contribution is -2.40. The SMILES string of the molecule is COc1ccc(/C=C/C(=O)Nc2cccc(C(=O)NC(C)(C)C)c2)cc1. The zero-order chi connectivity index (χ0) is 19.2. The Balaban J connectivity index is 2.01. The summed E-state index contributed by atoms with van der Waals surface area (Å²) in [5.41, 5.74) is 1.63. The second-order valence-corrected chi connectivity index (χ2v) is 6.88. The summed E-state index contributed by atoms with van der Waals surface area (Å²) in [6.45, 7) is 5.75. The van der Waals surface area contributed by atoms with Gasteiger partial charge in [0.05, 0.1) is 7.11 Å². The molecule has 2 aromatic rings. The van der Waals surface area contributed by atoms with Crippen LogP contribution in [0.5, 0.6) is 5.75 Å². The third-order valence-electron chi connectivity index (χ3n) is 3.42. The summed E-state index contributed by atoms with van der Waals surface area (Å²) in [6, 6.07) is 14.2. The van der Waals surface area contributed by atoms with Gasteiger partial charge in [0.25, 0.3) is 5.91 Å². The van der Waals surface area contributed by atoms with Gasteiger partial charge in [0, 0.05) is 22.9 Å². The van der Waals surface area contributed by atoms with Crippen LogP contribution in [0.2, 0.25) is 0 Å². The van der Waals surface area contributed by atoms with Gasteiger partial charge in [-0.2, -0.15) is 0 Å². The molecule has 0 heterocycles. The van der Waals surface area contributed by atoms with Crippen molar-refractivity contribution in [1.82, 2.24) is 5.32 Å². The van der Waals surface area contributed by atoms with Crippen LogP contribution in [0.4, 0.5) is 5.69 Å². The molecule has 0 aromatic heterocycles. The van der Waals surface area contributed by atoms with E-state index >= 15 is 0 Å². The molecule has 5 nitrogen and oxygen atoms in total. The summed E-state index contributed by atoms with van der Waals surface area (Å²) in [7, 11) is 1.61. The number of nitrogens with one attached hydrogen (secondary N) is 2. The molecule has 0 aliphatic heterocycles. The largest absolute Gasteiger partial charge is 0.497 e. The highest BCUT2D eigenvalue weighted by atomic mass is 16.5. The van der Waals surface area contributed by atoms with Gasteiger partial charge >= 0.3 is 0 Å². The van der Waals surface area contributed by atoms with Crippen molar-refractivity contribution < 1.29 is 14.3 Å². The second kappa shape index (κ2) is 8.34. The predicted octanol–water partition coefficient (Wildman–Crippen LogP) is 3.88. The average molecular weight is 352 g/mol. The van der Waals surface area contributed by atoms with Crippen LogP contribution >= 0.6 is 0 Å². The zero-order valence-electron chi connectivity index (χ0n) is 15.5. The first-order valence-corrected chi connectivity index (χ1v) is 8.32. The molecule has 0 aliphatic rings. The molecule has 0 aliphatic carbocycles. The topological polar surface area (TPSA) is 67.4 Å². The van der Waals surface area contributed by atoms with E-state index in [9.17, 15) is 9.59 Å². The maximum Gasteiger partial charge on any atom is 0.251 e. The van der Waals surface area contributed by atoms with Crippen molar-refractivity contribution >= 4 is 23.6 Å². The van der Waals surface area contributed by atoms with E-state index in [1.54, 1.807) is 37.5 Å². The maximum atomic E-state index is 12.2. The van der Waals surface area contributed by atoms with Crippen LogP contribution in [0.15, 0.2) is 54.6 Å². The summed E-state index contributed by atoms with van der Waals surface area (Å²) in [5.74, 6) is 0.313. The molecule has 0 radical (unpaired) electrons. The molecule has 0 atom stereocenters. The highest BCUT2D eigenvalue weighted by Gasteiger charge is 2.15. The van der Waals surface area contributed by atoms with E-state index in [-0.39, 0.29) is 17.4 Å². The molecule has 2 amide bonds. The molecule has 0 spiro atoms. The van der Waals surface area contributed by atoms with Crippen LogP contribution in [0.25, 0.3) is 6.08 Å². The van der Waals surface area contributed by atoms with E-state index in [1.807, 2.05) is 45.0 Å². The Morgan fingerprint density at radius 2 is 1.73 bits per heavy atom. The number of anilines is 1. The molecule has 0 bridgehead atoms. The van der Waals surface area contributed by atoms with Gasteiger partial charge in [0.1, 0.15) is 5.75 Å². The van der Waals surface area contributed by atoms with Crippen LogP contribution in [0, 0.1) is 0 Å². The van der Waals surface area contributed by atoms with E-state index in [4.69, 9.17) is 4.74 Å². The summed E-state index contributed by atoms with van der Waals surface area (Å²) >= 11 is 0. The lowest BCUT2D eigenvalue weighted by molar-refractivity contribution is -0.111. The van der Waals surface area contributed by atoms with Crippen molar-refractivity contribution in [2.45, 2.75) is 26.3 Å². The first-order valence-electron chi connectivity index (χ1n) is 8.32. The Morgan fingerprint density at radius 3 is 2.35 bits per heavy atom. The minimum absolute atomic E-state index is 0.178. The number of benzene rings is 2. The van der Waals surface area contributed by atoms with E-state index in [0.717, 1.165) is 11.3 Å². The van der Waals surface area contributed by atoms with Gasteiger partial charge in [-0.15, -0.1) is 0 Å². The molecule has 136 valence electrons. The quantitative estimate of drug-likeness (QED) is 0.803. The Labute approximate surface area is 154 Å². The summed E-state index contributed by atoms with van der Waals surface area (Å²) < 4.78 is 5.10. The molecule has 2 rings (SSSR count). The van der Waals surface area contributed by atoms with E-state index in [2.05, 4.69) is 10.6 Å². The summed E-state index contributed by atoms with van der Waals surface area (Å²) in [6.07, 6.45) is 3.16. The van der Waals surface area contributed by atoms with Crippen molar-refractivity contribution in [3.63, 3.8) is 0 Å². The van der Waals surface area contributed by atoms with Crippen LogP contribution < -0.4 is 15.4 Å². The van der Waals surface area contributed by atoms with Crippen molar-refractivity contribution in [2.75, 3.05) is 12.4 Å². The van der Waals surface area contributed by atoms with Gasteiger partial charge in [-0.1, -0.05) is 18.2 Å². The number of methoxy groups -OCH3 is 1. The molecule has 2 N–H and O–H groups in total. The fourth-order valence-electron chi connectivity index (χ4n) is 2.22. The molecular formula is C21H24N2O3. The lowest BCUT2D eigenvalue weighted by atomic mass is 10.1. The molecule has 2 aromatic carbocycles. The molecular weight excluding hydrogens is 328 g/mol. The number of carbonyl (C=O) groups excluding carboxylic acids is 2. The number of amides is 2. The number of hydrogen-bond donors (Lipinski definition) is 2. The first-order chi connectivity index (χ1) is 12.3. The van der Waals surface area contributed by atoms with Crippen molar-refractivity contribution in [3.05, 3.63) is 65.7 Å². The van der Waals surface area contributed by atoms with Crippen LogP contribution in [-0.2, 0) is 4.79 Å². The average Bonchev–Trinajstić information content (AvgIpc) is 2.59. The van der Waals surface area contributed by atoms with Crippen molar-refractivity contribution in [1.29, 1.82) is 0 Å². The van der Waals surface area contributed by atoms with Crippen LogP contribution in [0.3, 0.4) is 0 Å².